The van der Waals surface area contributed by atoms with E-state index in [2.05, 4.69) is 10.1 Å². The zero-order chi connectivity index (χ0) is 17.2. The molecule has 0 bridgehead atoms. The van der Waals surface area contributed by atoms with E-state index < -0.39 is 11.7 Å². The minimum Gasteiger partial charge on any atom is -0.369 e. The van der Waals surface area contributed by atoms with Crippen LogP contribution in [0.25, 0.3) is 5.57 Å². The van der Waals surface area contributed by atoms with Gasteiger partial charge in [0.15, 0.2) is 12.2 Å². The molecule has 1 aromatic rings. The van der Waals surface area contributed by atoms with Gasteiger partial charge in [-0.1, -0.05) is 0 Å². The number of guanidine groups is 1. The average molecular weight is 325 g/mol. The number of halogens is 3. The van der Waals surface area contributed by atoms with Gasteiger partial charge >= 0.3 is 6.18 Å². The first-order valence-corrected chi connectivity index (χ1v) is 6.46. The highest BCUT2D eigenvalue weighted by molar-refractivity contribution is 6.09. The first kappa shape index (κ1) is 16.5. The van der Waals surface area contributed by atoms with E-state index in [0.717, 1.165) is 18.4 Å². The van der Waals surface area contributed by atoms with Gasteiger partial charge in [0.25, 0.3) is 0 Å². The summed E-state index contributed by atoms with van der Waals surface area (Å²) >= 11 is 0. The first-order valence-electron chi connectivity index (χ1n) is 6.46. The molecule has 0 spiro atoms. The summed E-state index contributed by atoms with van der Waals surface area (Å²) < 4.78 is 40.3. The number of carbonyl (C=O) groups excluding carboxylic acids is 1. The Morgan fingerprint density at radius 1 is 1.43 bits per heavy atom. The minimum absolute atomic E-state index is 0.0164. The fourth-order valence-electron chi connectivity index (χ4n) is 2.08. The molecule has 1 aromatic heterocycles. The van der Waals surface area contributed by atoms with Crippen molar-refractivity contribution < 1.29 is 18.0 Å². The number of aryl methyl sites for hydroxylation is 1. The Balaban J connectivity index is 2.71. The molecule has 0 fully saturated rings. The Morgan fingerprint density at radius 3 is 2.61 bits per heavy atom. The normalized spacial score (nSPS) is 18.0. The SMILES string of the molecule is CN=C(N)N1C=CC(C(F)(F)F)=C/C1=C(/C=O)c1ccnn1C. The number of aromatic nitrogens is 2. The zero-order valence-corrected chi connectivity index (χ0v) is 12.4. The van der Waals surface area contributed by atoms with Crippen molar-refractivity contribution >= 4 is 17.8 Å². The molecule has 0 radical (unpaired) electrons. The van der Waals surface area contributed by atoms with Gasteiger partial charge in [-0.3, -0.25) is 19.4 Å². The Labute approximate surface area is 130 Å². The highest BCUT2D eigenvalue weighted by Crippen LogP contribution is 2.33. The Morgan fingerprint density at radius 2 is 2.13 bits per heavy atom. The van der Waals surface area contributed by atoms with E-state index in [0.29, 0.717) is 12.0 Å². The molecule has 1 aliphatic rings. The van der Waals surface area contributed by atoms with Crippen molar-refractivity contribution in [3.63, 3.8) is 0 Å². The van der Waals surface area contributed by atoms with Crippen LogP contribution in [-0.4, -0.2) is 40.2 Å². The molecule has 0 amide bonds. The van der Waals surface area contributed by atoms with Crippen molar-refractivity contribution in [2.45, 2.75) is 6.18 Å². The molecule has 2 N–H and O–H groups in total. The molecule has 122 valence electrons. The molecular formula is C14H14F3N5O. The topological polar surface area (TPSA) is 76.5 Å². The third-order valence-corrected chi connectivity index (χ3v) is 3.25. The van der Waals surface area contributed by atoms with Gasteiger partial charge in [-0.2, -0.15) is 18.3 Å². The van der Waals surface area contributed by atoms with Crippen LogP contribution in [0.1, 0.15) is 5.69 Å². The Bertz CT molecular complexity index is 740. The van der Waals surface area contributed by atoms with Gasteiger partial charge in [0.05, 0.1) is 22.5 Å². The summed E-state index contributed by atoms with van der Waals surface area (Å²) in [7, 11) is 2.97. The van der Waals surface area contributed by atoms with Crippen LogP contribution in [0.3, 0.4) is 0 Å². The molecule has 0 aliphatic carbocycles. The predicted molar refractivity (Wildman–Crippen MR) is 78.9 cm³/mol. The summed E-state index contributed by atoms with van der Waals surface area (Å²) in [4.78, 5) is 16.5. The van der Waals surface area contributed by atoms with Crippen molar-refractivity contribution in [1.82, 2.24) is 14.7 Å². The summed E-state index contributed by atoms with van der Waals surface area (Å²) in [6.45, 7) is 0. The van der Waals surface area contributed by atoms with Gasteiger partial charge in [0, 0.05) is 26.5 Å². The number of hydrogen-bond donors (Lipinski definition) is 1. The van der Waals surface area contributed by atoms with Crippen LogP contribution in [0.15, 0.2) is 46.9 Å². The largest absolute Gasteiger partial charge is 0.416 e. The summed E-state index contributed by atoms with van der Waals surface area (Å²) in [5, 5.41) is 3.92. The standard InChI is InChI=1S/C14H14F3N5O/c1-19-13(18)22-6-4-9(14(15,16)17)7-12(22)10(8-23)11-3-5-20-21(11)2/h3-8H,1-2H3,(H2,18,19)/b12-10+. The number of aliphatic imine (C=N–C) groups is 1. The summed E-state index contributed by atoms with van der Waals surface area (Å²) in [6.07, 6.45) is 0.203. The predicted octanol–water partition coefficient (Wildman–Crippen LogP) is 1.59. The number of allylic oxidation sites excluding steroid dienone is 4. The van der Waals surface area contributed by atoms with Crippen LogP contribution in [-0.2, 0) is 11.8 Å². The van der Waals surface area contributed by atoms with Crippen LogP contribution < -0.4 is 5.73 Å². The third kappa shape index (κ3) is 3.17. The second-order valence-electron chi connectivity index (χ2n) is 4.62. The van der Waals surface area contributed by atoms with E-state index >= 15 is 0 Å². The number of nitrogens with two attached hydrogens (primary N) is 1. The van der Waals surface area contributed by atoms with E-state index in [1.165, 1.54) is 28.9 Å². The number of nitrogens with zero attached hydrogens (tertiary/aromatic N) is 4. The van der Waals surface area contributed by atoms with Gasteiger partial charge in [-0.15, -0.1) is 0 Å². The second-order valence-corrected chi connectivity index (χ2v) is 4.62. The Hall–Kier alpha value is -2.84. The van der Waals surface area contributed by atoms with Crippen molar-refractivity contribution in [3.8, 4) is 0 Å². The van der Waals surface area contributed by atoms with Crippen LogP contribution in [0.4, 0.5) is 13.2 Å². The Kier molecular flexibility index (Phi) is 4.39. The quantitative estimate of drug-likeness (QED) is 0.388. The number of rotatable bonds is 2. The van der Waals surface area contributed by atoms with E-state index in [1.807, 2.05) is 0 Å². The van der Waals surface area contributed by atoms with Crippen LogP contribution >= 0.6 is 0 Å². The molecule has 0 atom stereocenters. The molecule has 0 aromatic carbocycles. The zero-order valence-electron chi connectivity index (χ0n) is 12.4. The average Bonchev–Trinajstić information content (AvgIpc) is 2.92. The van der Waals surface area contributed by atoms with E-state index in [-0.39, 0.29) is 17.2 Å². The van der Waals surface area contributed by atoms with Crippen molar-refractivity contribution in [2.75, 3.05) is 7.05 Å². The monoisotopic (exact) mass is 325 g/mol. The molecular weight excluding hydrogens is 311 g/mol. The molecule has 0 saturated heterocycles. The van der Waals surface area contributed by atoms with Crippen LogP contribution in [0, 0.1) is 0 Å². The van der Waals surface area contributed by atoms with Gasteiger partial charge in [0.1, 0.15) is 0 Å². The summed E-state index contributed by atoms with van der Waals surface area (Å²) in [5.41, 5.74) is 5.17. The number of alkyl halides is 3. The van der Waals surface area contributed by atoms with E-state index in [4.69, 9.17) is 5.73 Å². The maximum absolute atomic E-state index is 13.0. The highest BCUT2D eigenvalue weighted by atomic mass is 19.4. The number of aldehydes is 1. The smallest absolute Gasteiger partial charge is 0.369 e. The second kappa shape index (κ2) is 6.11. The third-order valence-electron chi connectivity index (χ3n) is 3.25. The molecule has 9 heteroatoms. The maximum atomic E-state index is 13.0. The lowest BCUT2D eigenvalue weighted by atomic mass is 10.0. The molecule has 6 nitrogen and oxygen atoms in total. The summed E-state index contributed by atoms with van der Waals surface area (Å²) in [5.74, 6) is -0.0461. The van der Waals surface area contributed by atoms with Crippen LogP contribution in [0.2, 0.25) is 0 Å². The lowest BCUT2D eigenvalue weighted by Gasteiger charge is -2.26. The molecule has 0 unspecified atom stereocenters. The fourth-order valence-corrected chi connectivity index (χ4v) is 2.08. The van der Waals surface area contributed by atoms with Crippen molar-refractivity contribution in [3.05, 3.63) is 47.6 Å². The van der Waals surface area contributed by atoms with E-state index in [9.17, 15) is 18.0 Å². The lowest BCUT2D eigenvalue weighted by Crippen LogP contribution is -2.34. The van der Waals surface area contributed by atoms with Gasteiger partial charge in [0.2, 0.25) is 0 Å². The summed E-state index contributed by atoms with van der Waals surface area (Å²) in [6, 6.07) is 1.52. The maximum Gasteiger partial charge on any atom is 0.416 e. The minimum atomic E-state index is -4.55. The molecule has 23 heavy (non-hydrogen) atoms. The van der Waals surface area contributed by atoms with Gasteiger partial charge in [-0.05, 0) is 18.2 Å². The molecule has 1 aliphatic heterocycles. The fraction of sp³-hybridized carbons (Fsp3) is 0.214. The van der Waals surface area contributed by atoms with E-state index in [1.54, 1.807) is 7.05 Å². The van der Waals surface area contributed by atoms with Crippen LogP contribution in [0.5, 0.6) is 0 Å². The number of hydrogen-bond acceptors (Lipinski definition) is 3. The molecule has 2 rings (SSSR count). The van der Waals surface area contributed by atoms with Gasteiger partial charge < -0.3 is 5.73 Å². The highest BCUT2D eigenvalue weighted by Gasteiger charge is 2.35. The molecule has 0 saturated carbocycles. The van der Waals surface area contributed by atoms with Crippen molar-refractivity contribution in [1.29, 1.82) is 0 Å². The van der Waals surface area contributed by atoms with Gasteiger partial charge in [-0.25, -0.2) is 0 Å². The molecule has 2 heterocycles. The first-order chi connectivity index (χ1) is 10.8. The number of carbonyl (C=O) groups is 1. The lowest BCUT2D eigenvalue weighted by molar-refractivity contribution is -0.103. The van der Waals surface area contributed by atoms with Crippen molar-refractivity contribution in [2.24, 2.45) is 17.8 Å².